The van der Waals surface area contributed by atoms with Crippen LogP contribution in [0.1, 0.15) is 11.5 Å². The van der Waals surface area contributed by atoms with Crippen LogP contribution in [0.2, 0.25) is 0 Å². The summed E-state index contributed by atoms with van der Waals surface area (Å²) in [5.74, 6) is 2.13. The van der Waals surface area contributed by atoms with E-state index >= 15 is 0 Å². The molecule has 0 saturated carbocycles. The highest BCUT2D eigenvalue weighted by Crippen LogP contribution is 2.36. The van der Waals surface area contributed by atoms with Gasteiger partial charge in [-0.05, 0) is 24.3 Å². The summed E-state index contributed by atoms with van der Waals surface area (Å²) in [6.45, 7) is 0.387. The SMILES string of the molecule is c1c[nH]c(C2=C(c3ccco3)OCN2c2ncc[nH]2)c1. The van der Waals surface area contributed by atoms with Crippen LogP contribution in [0.25, 0.3) is 11.5 Å². The number of hydrogen-bond acceptors (Lipinski definition) is 4. The van der Waals surface area contributed by atoms with Crippen LogP contribution in [-0.4, -0.2) is 21.7 Å². The van der Waals surface area contributed by atoms with E-state index in [1.54, 1.807) is 18.7 Å². The van der Waals surface area contributed by atoms with Crippen molar-refractivity contribution in [2.45, 2.75) is 0 Å². The number of hydrogen-bond donors (Lipinski definition) is 2. The minimum atomic E-state index is 0.387. The molecule has 6 nitrogen and oxygen atoms in total. The number of ether oxygens (including phenoxy) is 1. The molecule has 1 aliphatic rings. The molecule has 100 valence electrons. The van der Waals surface area contributed by atoms with Gasteiger partial charge in [0.2, 0.25) is 5.95 Å². The molecule has 0 bridgehead atoms. The molecule has 6 heteroatoms. The third-order valence-electron chi connectivity index (χ3n) is 3.16. The van der Waals surface area contributed by atoms with Gasteiger partial charge in [0.05, 0.1) is 12.0 Å². The van der Waals surface area contributed by atoms with Crippen LogP contribution in [0.3, 0.4) is 0 Å². The fourth-order valence-corrected chi connectivity index (χ4v) is 2.30. The Balaban J connectivity index is 1.87. The third-order valence-corrected chi connectivity index (χ3v) is 3.16. The summed E-state index contributed by atoms with van der Waals surface area (Å²) in [5, 5.41) is 0. The number of rotatable bonds is 3. The van der Waals surface area contributed by atoms with Gasteiger partial charge in [0.1, 0.15) is 5.70 Å². The third kappa shape index (κ3) is 1.62. The summed E-state index contributed by atoms with van der Waals surface area (Å²) < 4.78 is 11.3. The molecule has 0 unspecified atom stereocenters. The second-order valence-electron chi connectivity index (χ2n) is 4.35. The Morgan fingerprint density at radius 2 is 2.15 bits per heavy atom. The van der Waals surface area contributed by atoms with Gasteiger partial charge in [-0.25, -0.2) is 4.98 Å². The predicted molar refractivity (Wildman–Crippen MR) is 73.3 cm³/mol. The summed E-state index contributed by atoms with van der Waals surface area (Å²) in [4.78, 5) is 12.5. The van der Waals surface area contributed by atoms with Crippen molar-refractivity contribution in [2.24, 2.45) is 0 Å². The number of aromatic amines is 2. The molecule has 1 aliphatic heterocycles. The normalized spacial score (nSPS) is 14.9. The largest absolute Gasteiger partial charge is 0.466 e. The van der Waals surface area contributed by atoms with Crippen molar-refractivity contribution in [1.29, 1.82) is 0 Å². The van der Waals surface area contributed by atoms with Crippen LogP contribution in [0, 0.1) is 0 Å². The van der Waals surface area contributed by atoms with E-state index in [0.717, 1.165) is 17.3 Å². The van der Waals surface area contributed by atoms with E-state index in [9.17, 15) is 0 Å². The van der Waals surface area contributed by atoms with Crippen LogP contribution in [0.15, 0.2) is 53.5 Å². The van der Waals surface area contributed by atoms with Gasteiger partial charge >= 0.3 is 0 Å². The minimum absolute atomic E-state index is 0.387. The molecular formula is C14H12N4O2. The number of imidazole rings is 1. The van der Waals surface area contributed by atoms with Crippen molar-refractivity contribution in [3.8, 4) is 0 Å². The first-order chi connectivity index (χ1) is 9.93. The molecule has 0 atom stereocenters. The van der Waals surface area contributed by atoms with Crippen LogP contribution in [0.5, 0.6) is 0 Å². The molecule has 20 heavy (non-hydrogen) atoms. The Morgan fingerprint density at radius 1 is 1.15 bits per heavy atom. The van der Waals surface area contributed by atoms with Crippen LogP contribution in [0.4, 0.5) is 5.95 Å². The lowest BCUT2D eigenvalue weighted by molar-refractivity contribution is 0.296. The first-order valence-electron chi connectivity index (χ1n) is 6.25. The van der Waals surface area contributed by atoms with Crippen molar-refractivity contribution >= 4 is 17.4 Å². The van der Waals surface area contributed by atoms with Gasteiger partial charge in [-0.3, -0.25) is 4.90 Å². The fraction of sp³-hybridized carbons (Fsp3) is 0.0714. The van der Waals surface area contributed by atoms with E-state index in [4.69, 9.17) is 9.15 Å². The lowest BCUT2D eigenvalue weighted by atomic mass is 10.2. The standard InChI is InChI=1S/C14H12N4O2/c1-3-10(15-5-1)12-13(11-4-2-8-19-11)20-9-18(12)14-16-6-7-17-14/h1-8,15H,9H2,(H,16,17). The van der Waals surface area contributed by atoms with Gasteiger partial charge in [0.15, 0.2) is 18.3 Å². The van der Waals surface area contributed by atoms with Crippen LogP contribution in [-0.2, 0) is 4.74 Å². The second kappa shape index (κ2) is 4.34. The first-order valence-corrected chi connectivity index (χ1v) is 6.25. The van der Waals surface area contributed by atoms with Crippen molar-refractivity contribution < 1.29 is 9.15 Å². The van der Waals surface area contributed by atoms with Crippen LogP contribution >= 0.6 is 0 Å². The maximum Gasteiger partial charge on any atom is 0.210 e. The zero-order valence-corrected chi connectivity index (χ0v) is 10.5. The van der Waals surface area contributed by atoms with Gasteiger partial charge < -0.3 is 19.1 Å². The minimum Gasteiger partial charge on any atom is -0.466 e. The van der Waals surface area contributed by atoms with Crippen LogP contribution < -0.4 is 4.90 Å². The molecule has 3 aromatic heterocycles. The summed E-state index contributed by atoms with van der Waals surface area (Å²) in [6, 6.07) is 7.65. The molecule has 4 rings (SSSR count). The Kier molecular flexibility index (Phi) is 2.38. The van der Waals surface area contributed by atoms with Crippen molar-refractivity contribution in [1.82, 2.24) is 15.0 Å². The number of aromatic nitrogens is 3. The molecular weight excluding hydrogens is 256 g/mol. The topological polar surface area (TPSA) is 70.1 Å². The molecule has 0 aliphatic carbocycles. The Labute approximate surface area is 114 Å². The van der Waals surface area contributed by atoms with Gasteiger partial charge in [0.25, 0.3) is 0 Å². The second-order valence-corrected chi connectivity index (χ2v) is 4.35. The molecule has 3 aromatic rings. The van der Waals surface area contributed by atoms with Gasteiger partial charge in [-0.15, -0.1) is 0 Å². The fourth-order valence-electron chi connectivity index (χ4n) is 2.30. The molecule has 4 heterocycles. The molecule has 0 amide bonds. The average molecular weight is 268 g/mol. The van der Waals surface area contributed by atoms with E-state index in [1.807, 2.05) is 35.4 Å². The molecule has 2 N–H and O–H groups in total. The van der Waals surface area contributed by atoms with Gasteiger partial charge in [-0.1, -0.05) is 0 Å². The number of anilines is 1. The number of H-pyrrole nitrogens is 2. The molecule has 0 aromatic carbocycles. The number of nitrogens with one attached hydrogen (secondary N) is 2. The first kappa shape index (κ1) is 11.0. The Bertz CT molecular complexity index is 711. The highest BCUT2D eigenvalue weighted by atomic mass is 16.5. The average Bonchev–Trinajstić information content (AvgIpc) is 3.23. The lowest BCUT2D eigenvalue weighted by Crippen LogP contribution is -2.19. The summed E-state index contributed by atoms with van der Waals surface area (Å²) in [7, 11) is 0. The van der Waals surface area contributed by atoms with Crippen molar-refractivity contribution in [3.05, 3.63) is 60.6 Å². The number of nitrogens with zero attached hydrogens (tertiary/aromatic N) is 2. The predicted octanol–water partition coefficient (Wildman–Crippen LogP) is 2.65. The monoisotopic (exact) mass is 268 g/mol. The van der Waals surface area contributed by atoms with Gasteiger partial charge in [0, 0.05) is 18.6 Å². The lowest BCUT2D eigenvalue weighted by Gasteiger charge is -2.15. The van der Waals surface area contributed by atoms with E-state index < -0.39 is 0 Å². The maximum atomic E-state index is 5.80. The highest BCUT2D eigenvalue weighted by Gasteiger charge is 2.30. The van der Waals surface area contributed by atoms with E-state index in [1.165, 1.54) is 0 Å². The zero-order valence-electron chi connectivity index (χ0n) is 10.5. The molecule has 0 saturated heterocycles. The number of furan rings is 1. The molecule has 0 spiro atoms. The Morgan fingerprint density at radius 3 is 2.85 bits per heavy atom. The quantitative estimate of drug-likeness (QED) is 0.766. The maximum absolute atomic E-state index is 5.80. The summed E-state index contributed by atoms with van der Waals surface area (Å²) >= 11 is 0. The molecule has 0 fully saturated rings. The van der Waals surface area contributed by atoms with E-state index in [0.29, 0.717) is 18.3 Å². The van der Waals surface area contributed by atoms with Gasteiger partial charge in [-0.2, -0.15) is 0 Å². The zero-order chi connectivity index (χ0) is 13.4. The summed E-state index contributed by atoms with van der Waals surface area (Å²) in [5.41, 5.74) is 1.85. The van der Waals surface area contributed by atoms with E-state index in [2.05, 4.69) is 15.0 Å². The molecule has 0 radical (unpaired) electrons. The van der Waals surface area contributed by atoms with Crippen molar-refractivity contribution in [2.75, 3.05) is 11.6 Å². The smallest absolute Gasteiger partial charge is 0.210 e. The van der Waals surface area contributed by atoms with Crippen molar-refractivity contribution in [3.63, 3.8) is 0 Å². The Hall–Kier alpha value is -2.89. The van der Waals surface area contributed by atoms with E-state index in [-0.39, 0.29) is 0 Å². The summed E-state index contributed by atoms with van der Waals surface area (Å²) in [6.07, 6.45) is 7.01. The highest BCUT2D eigenvalue weighted by molar-refractivity contribution is 5.93.